The summed E-state index contributed by atoms with van der Waals surface area (Å²) in [6.45, 7) is 0. The van der Waals surface area contributed by atoms with Crippen molar-refractivity contribution in [2.24, 2.45) is 0 Å². The summed E-state index contributed by atoms with van der Waals surface area (Å²) in [6, 6.07) is 47.9. The van der Waals surface area contributed by atoms with Gasteiger partial charge >= 0.3 is 0 Å². The molecule has 0 amide bonds. The van der Waals surface area contributed by atoms with Gasteiger partial charge in [0, 0.05) is 65.5 Å². The average molecular weight is 593 g/mol. The molecule has 0 saturated carbocycles. The van der Waals surface area contributed by atoms with E-state index in [9.17, 15) is 0 Å². The molecule has 0 N–H and O–H groups in total. The van der Waals surface area contributed by atoms with Gasteiger partial charge in [-0.05, 0) is 66.7 Å². The van der Waals surface area contributed by atoms with E-state index in [1.54, 1.807) is 0 Å². The van der Waals surface area contributed by atoms with E-state index >= 15 is 0 Å². The lowest BCUT2D eigenvalue weighted by molar-refractivity contribution is 1.13. The predicted octanol–water partition coefficient (Wildman–Crippen LogP) is 10.7. The number of thiophene rings is 1. The first-order chi connectivity index (χ1) is 22.3. The number of rotatable bonds is 3. The SMILES string of the molecule is c1ccc(-c2nccc3c4ccccc4n(-c4cccc(-n5c6ccccc6c6cc7c(cc65)sc5ccccc57)c4)c23)nc1. The number of fused-ring (bicyclic) bond motifs is 9. The van der Waals surface area contributed by atoms with Crippen molar-refractivity contribution in [1.82, 2.24) is 19.1 Å². The van der Waals surface area contributed by atoms with Crippen LogP contribution >= 0.6 is 11.3 Å². The summed E-state index contributed by atoms with van der Waals surface area (Å²) in [5.74, 6) is 0. The average Bonchev–Trinajstić information content (AvgIpc) is 3.75. The van der Waals surface area contributed by atoms with Gasteiger partial charge in [-0.2, -0.15) is 0 Å². The van der Waals surface area contributed by atoms with Crippen LogP contribution in [0.5, 0.6) is 0 Å². The van der Waals surface area contributed by atoms with Crippen molar-refractivity contribution in [2.75, 3.05) is 0 Å². The summed E-state index contributed by atoms with van der Waals surface area (Å²) in [4.78, 5) is 9.56. The maximum Gasteiger partial charge on any atom is 0.113 e. The van der Waals surface area contributed by atoms with Gasteiger partial charge in [0.15, 0.2) is 0 Å². The summed E-state index contributed by atoms with van der Waals surface area (Å²) in [6.07, 6.45) is 3.73. The number of hydrogen-bond acceptors (Lipinski definition) is 3. The standard InChI is InChI=1S/C40H24N4S/c1-5-17-35-27(12-1)30-19-21-42-39(33-15-7-8-20-41-33)40(30)44(35)26-11-9-10-25(22-26)43-34-16-4-2-13-28(34)31-23-32-29-14-3-6-18-37(29)45-38(32)24-36(31)43/h1-24H. The van der Waals surface area contributed by atoms with Gasteiger partial charge in [-0.25, -0.2) is 0 Å². The molecule has 210 valence electrons. The van der Waals surface area contributed by atoms with Gasteiger partial charge in [0.05, 0.1) is 27.8 Å². The quantitative estimate of drug-likeness (QED) is 0.205. The van der Waals surface area contributed by atoms with Gasteiger partial charge in [-0.3, -0.25) is 9.97 Å². The molecule has 5 heteroatoms. The molecule has 0 bridgehead atoms. The molecule has 0 aliphatic heterocycles. The summed E-state index contributed by atoms with van der Waals surface area (Å²) in [7, 11) is 0. The summed E-state index contributed by atoms with van der Waals surface area (Å²) in [5.41, 5.74) is 8.55. The number of aromatic nitrogens is 4. The minimum Gasteiger partial charge on any atom is -0.309 e. The molecular formula is C40H24N4S. The number of benzene rings is 5. The lowest BCUT2D eigenvalue weighted by Gasteiger charge is -2.14. The number of para-hydroxylation sites is 2. The zero-order chi connectivity index (χ0) is 29.5. The van der Waals surface area contributed by atoms with E-state index in [4.69, 9.17) is 9.97 Å². The normalized spacial score (nSPS) is 12.0. The second-order valence-electron chi connectivity index (χ2n) is 11.5. The van der Waals surface area contributed by atoms with Crippen molar-refractivity contribution in [3.05, 3.63) is 146 Å². The van der Waals surface area contributed by atoms with Gasteiger partial charge in [-0.1, -0.05) is 66.7 Å². The molecule has 10 rings (SSSR count). The second kappa shape index (κ2) is 9.36. The maximum absolute atomic E-state index is 4.87. The topological polar surface area (TPSA) is 35.6 Å². The Balaban J connectivity index is 1.28. The van der Waals surface area contributed by atoms with Crippen LogP contribution < -0.4 is 0 Å². The number of nitrogens with zero attached hydrogens (tertiary/aromatic N) is 4. The second-order valence-corrected chi connectivity index (χ2v) is 12.5. The summed E-state index contributed by atoms with van der Waals surface area (Å²) >= 11 is 1.86. The molecule has 0 saturated heterocycles. The van der Waals surface area contributed by atoms with Crippen LogP contribution in [0.1, 0.15) is 0 Å². The zero-order valence-corrected chi connectivity index (χ0v) is 24.9. The Morgan fingerprint density at radius 1 is 0.422 bits per heavy atom. The van der Waals surface area contributed by atoms with Crippen molar-refractivity contribution < 1.29 is 0 Å². The van der Waals surface area contributed by atoms with Gasteiger partial charge in [0.1, 0.15) is 5.69 Å². The Hall–Kier alpha value is -5.78. The Morgan fingerprint density at radius 3 is 1.96 bits per heavy atom. The minimum absolute atomic E-state index is 0.859. The molecule has 4 nitrogen and oxygen atoms in total. The molecular weight excluding hydrogens is 569 g/mol. The van der Waals surface area contributed by atoms with Crippen LogP contribution in [-0.2, 0) is 0 Å². The highest BCUT2D eigenvalue weighted by Gasteiger charge is 2.20. The van der Waals surface area contributed by atoms with Gasteiger partial charge in [0.25, 0.3) is 0 Å². The Morgan fingerprint density at radius 2 is 1.13 bits per heavy atom. The highest BCUT2D eigenvalue weighted by atomic mass is 32.1. The third-order valence-corrected chi connectivity index (χ3v) is 10.1. The third kappa shape index (κ3) is 3.53. The fourth-order valence-electron chi connectivity index (χ4n) is 7.11. The van der Waals surface area contributed by atoms with Crippen LogP contribution in [0.2, 0.25) is 0 Å². The molecule has 0 unspecified atom stereocenters. The van der Waals surface area contributed by atoms with Crippen LogP contribution in [0.15, 0.2) is 146 Å². The van der Waals surface area contributed by atoms with Crippen molar-refractivity contribution in [1.29, 1.82) is 0 Å². The first-order valence-electron chi connectivity index (χ1n) is 15.1. The number of pyridine rings is 2. The fourth-order valence-corrected chi connectivity index (χ4v) is 8.23. The van der Waals surface area contributed by atoms with E-state index in [0.717, 1.165) is 39.2 Å². The molecule has 0 radical (unpaired) electrons. The van der Waals surface area contributed by atoms with E-state index in [1.165, 1.54) is 47.4 Å². The highest BCUT2D eigenvalue weighted by Crippen LogP contribution is 2.41. The molecule has 0 atom stereocenters. The van der Waals surface area contributed by atoms with E-state index in [-0.39, 0.29) is 0 Å². The van der Waals surface area contributed by atoms with Crippen molar-refractivity contribution in [3.8, 4) is 22.8 Å². The largest absolute Gasteiger partial charge is 0.309 e. The Bertz CT molecular complexity index is 2770. The monoisotopic (exact) mass is 592 g/mol. The third-order valence-electron chi connectivity index (χ3n) is 9.01. The van der Waals surface area contributed by atoms with Crippen LogP contribution in [0.25, 0.3) is 86.5 Å². The van der Waals surface area contributed by atoms with Crippen LogP contribution in [-0.4, -0.2) is 19.1 Å². The molecule has 0 aliphatic rings. The minimum atomic E-state index is 0.859. The van der Waals surface area contributed by atoms with Gasteiger partial charge < -0.3 is 9.13 Å². The van der Waals surface area contributed by atoms with Crippen LogP contribution in [0.3, 0.4) is 0 Å². The smallest absolute Gasteiger partial charge is 0.113 e. The van der Waals surface area contributed by atoms with Crippen molar-refractivity contribution in [2.45, 2.75) is 0 Å². The first-order valence-corrected chi connectivity index (χ1v) is 15.9. The first kappa shape index (κ1) is 24.6. The van der Waals surface area contributed by atoms with E-state index < -0.39 is 0 Å². The summed E-state index contributed by atoms with van der Waals surface area (Å²) < 4.78 is 7.40. The molecule has 5 aromatic carbocycles. The molecule has 0 fully saturated rings. The molecule has 5 heterocycles. The Labute approximate surface area is 262 Å². The van der Waals surface area contributed by atoms with E-state index in [1.807, 2.05) is 41.9 Å². The van der Waals surface area contributed by atoms with E-state index in [2.05, 4.69) is 124 Å². The molecule has 0 spiro atoms. The van der Waals surface area contributed by atoms with Crippen molar-refractivity contribution in [3.63, 3.8) is 0 Å². The Kier molecular flexibility index (Phi) is 5.12. The van der Waals surface area contributed by atoms with Gasteiger partial charge in [-0.15, -0.1) is 11.3 Å². The van der Waals surface area contributed by atoms with Gasteiger partial charge in [0.2, 0.25) is 0 Å². The molecule has 10 aromatic rings. The lowest BCUT2D eigenvalue weighted by Crippen LogP contribution is -2.00. The highest BCUT2D eigenvalue weighted by molar-refractivity contribution is 7.25. The predicted molar refractivity (Wildman–Crippen MR) is 189 cm³/mol. The van der Waals surface area contributed by atoms with Crippen LogP contribution in [0, 0.1) is 0 Å². The lowest BCUT2D eigenvalue weighted by atomic mass is 10.1. The number of hydrogen-bond donors (Lipinski definition) is 0. The zero-order valence-electron chi connectivity index (χ0n) is 24.1. The maximum atomic E-state index is 4.87. The molecule has 0 aliphatic carbocycles. The van der Waals surface area contributed by atoms with E-state index in [0.29, 0.717) is 0 Å². The molecule has 5 aromatic heterocycles. The summed E-state index contributed by atoms with van der Waals surface area (Å²) in [5, 5.41) is 7.53. The fraction of sp³-hybridized carbons (Fsp3) is 0. The van der Waals surface area contributed by atoms with Crippen molar-refractivity contribution >= 4 is 75.1 Å². The van der Waals surface area contributed by atoms with Crippen LogP contribution in [0.4, 0.5) is 0 Å². The molecule has 45 heavy (non-hydrogen) atoms.